The lowest BCUT2D eigenvalue weighted by molar-refractivity contribution is -0.107. The van der Waals surface area contributed by atoms with E-state index >= 15 is 0 Å². The van der Waals surface area contributed by atoms with Crippen LogP contribution in [0.3, 0.4) is 0 Å². The first-order chi connectivity index (χ1) is 9.81. The van der Waals surface area contributed by atoms with E-state index in [0.29, 0.717) is 19.3 Å². The van der Waals surface area contributed by atoms with Crippen LogP contribution >= 0.6 is 0 Å². The predicted molar refractivity (Wildman–Crippen MR) is 78.8 cm³/mol. The van der Waals surface area contributed by atoms with E-state index in [1.807, 2.05) is 18.2 Å². The minimum atomic E-state index is -0.752. The van der Waals surface area contributed by atoms with Crippen molar-refractivity contribution in [3.8, 4) is 0 Å². The number of benzene rings is 1. The number of aryl methyl sites for hydroxylation is 1. The molecule has 0 saturated heterocycles. The quantitative estimate of drug-likeness (QED) is 0.828. The summed E-state index contributed by atoms with van der Waals surface area (Å²) in [5.74, 6) is -0.0125. The summed E-state index contributed by atoms with van der Waals surface area (Å²) < 4.78 is 14.4. The first kappa shape index (κ1) is 13.3. The van der Waals surface area contributed by atoms with Crippen LogP contribution in [0.15, 0.2) is 24.3 Å². The molecule has 1 fully saturated rings. The van der Waals surface area contributed by atoms with Crippen LogP contribution in [0.1, 0.15) is 49.3 Å². The Morgan fingerprint density at radius 2 is 2.05 bits per heavy atom. The van der Waals surface area contributed by atoms with Gasteiger partial charge in [-0.2, -0.15) is 0 Å². The van der Waals surface area contributed by atoms with Gasteiger partial charge in [0, 0.05) is 28.9 Å². The fraction of sp³-hybridized carbons (Fsp3) is 0.471. The van der Waals surface area contributed by atoms with Crippen molar-refractivity contribution in [3.05, 3.63) is 35.5 Å². The number of alkyl halides is 1. The van der Waals surface area contributed by atoms with Crippen molar-refractivity contribution in [2.45, 2.75) is 50.6 Å². The van der Waals surface area contributed by atoms with Crippen LogP contribution < -0.4 is 0 Å². The average molecular weight is 273 g/mol. The van der Waals surface area contributed by atoms with Gasteiger partial charge in [-0.1, -0.05) is 31.0 Å². The van der Waals surface area contributed by atoms with E-state index in [0.717, 1.165) is 47.7 Å². The molecule has 20 heavy (non-hydrogen) atoms. The largest absolute Gasteiger partial charge is 0.358 e. The number of hydrogen-bond donors (Lipinski definition) is 1. The number of hydrogen-bond acceptors (Lipinski definition) is 1. The van der Waals surface area contributed by atoms with Crippen molar-refractivity contribution < 1.29 is 9.18 Å². The molecular weight excluding hydrogens is 253 g/mol. The lowest BCUT2D eigenvalue weighted by Crippen LogP contribution is -2.19. The van der Waals surface area contributed by atoms with Gasteiger partial charge in [0.1, 0.15) is 12.5 Å². The number of aldehydes is 1. The van der Waals surface area contributed by atoms with Gasteiger partial charge in [-0.25, -0.2) is 4.39 Å². The van der Waals surface area contributed by atoms with E-state index in [9.17, 15) is 9.18 Å². The van der Waals surface area contributed by atoms with E-state index in [1.165, 1.54) is 0 Å². The summed E-state index contributed by atoms with van der Waals surface area (Å²) in [6.07, 6.45) is 5.01. The molecule has 3 heteroatoms. The van der Waals surface area contributed by atoms with E-state index in [4.69, 9.17) is 0 Å². The van der Waals surface area contributed by atoms with Gasteiger partial charge in [-0.15, -0.1) is 0 Å². The molecule has 2 nitrogen and oxygen atoms in total. The molecule has 2 atom stereocenters. The van der Waals surface area contributed by atoms with Gasteiger partial charge in [-0.05, 0) is 30.9 Å². The van der Waals surface area contributed by atoms with Gasteiger partial charge in [0.25, 0.3) is 0 Å². The van der Waals surface area contributed by atoms with Crippen LogP contribution in [0.25, 0.3) is 10.9 Å². The molecule has 1 aliphatic carbocycles. The summed E-state index contributed by atoms with van der Waals surface area (Å²) >= 11 is 0. The number of para-hydroxylation sites is 1. The van der Waals surface area contributed by atoms with Crippen molar-refractivity contribution in [1.29, 1.82) is 0 Å². The fourth-order valence-corrected chi connectivity index (χ4v) is 3.45. The number of aromatic amines is 1. The molecule has 106 valence electrons. The van der Waals surface area contributed by atoms with Crippen molar-refractivity contribution >= 4 is 17.2 Å². The summed E-state index contributed by atoms with van der Waals surface area (Å²) in [5.41, 5.74) is 3.23. The summed E-state index contributed by atoms with van der Waals surface area (Å²) in [5, 5.41) is 1.13. The Morgan fingerprint density at radius 3 is 2.85 bits per heavy atom. The zero-order valence-corrected chi connectivity index (χ0v) is 11.6. The number of rotatable bonds is 4. The molecule has 1 aromatic carbocycles. The Labute approximate surface area is 118 Å². The van der Waals surface area contributed by atoms with Gasteiger partial charge < -0.3 is 9.78 Å². The van der Waals surface area contributed by atoms with E-state index in [-0.39, 0.29) is 5.92 Å². The molecule has 0 radical (unpaired) electrons. The Balaban J connectivity index is 2.07. The number of carbonyl (C=O) groups is 1. The van der Waals surface area contributed by atoms with Gasteiger partial charge in [0.15, 0.2) is 0 Å². The average Bonchev–Trinajstić information content (AvgIpc) is 2.84. The lowest BCUT2D eigenvalue weighted by atomic mass is 9.81. The molecule has 0 aliphatic heterocycles. The summed E-state index contributed by atoms with van der Waals surface area (Å²) in [6, 6.07) is 8.07. The van der Waals surface area contributed by atoms with E-state index in [1.54, 1.807) is 0 Å². The third-order valence-corrected chi connectivity index (χ3v) is 4.39. The Hall–Kier alpha value is -1.64. The second-order valence-corrected chi connectivity index (χ2v) is 5.68. The van der Waals surface area contributed by atoms with Gasteiger partial charge >= 0.3 is 0 Å². The third kappa shape index (κ3) is 2.37. The fourth-order valence-electron chi connectivity index (χ4n) is 3.45. The smallest absolute Gasteiger partial charge is 0.120 e. The topological polar surface area (TPSA) is 32.9 Å². The highest BCUT2D eigenvalue weighted by Gasteiger charge is 2.30. The molecular formula is C17H20FNO. The standard InChI is InChI=1S/C17H20FNO/c18-14-8-3-1-6-12(14)17-13-7-2-4-9-15(13)19-16(17)10-5-11-20/h2,4,7,9,11-12,14,19H,1,3,5-6,8,10H2. The zero-order chi connectivity index (χ0) is 13.9. The maximum atomic E-state index is 14.4. The molecule has 1 aliphatic rings. The molecule has 0 amide bonds. The van der Waals surface area contributed by atoms with Crippen LogP contribution in [0, 0.1) is 0 Å². The van der Waals surface area contributed by atoms with Gasteiger partial charge in [0.2, 0.25) is 0 Å². The number of fused-ring (bicyclic) bond motifs is 1. The van der Waals surface area contributed by atoms with Crippen molar-refractivity contribution in [2.24, 2.45) is 0 Å². The number of carbonyl (C=O) groups excluding carboxylic acids is 1. The Kier molecular flexibility index (Phi) is 3.86. The first-order valence-corrected chi connectivity index (χ1v) is 7.48. The Morgan fingerprint density at radius 1 is 1.25 bits per heavy atom. The van der Waals surface area contributed by atoms with Gasteiger partial charge in [0.05, 0.1) is 0 Å². The number of H-pyrrole nitrogens is 1. The van der Waals surface area contributed by atoms with E-state index in [2.05, 4.69) is 11.1 Å². The van der Waals surface area contributed by atoms with Crippen molar-refractivity contribution in [2.75, 3.05) is 0 Å². The van der Waals surface area contributed by atoms with Crippen molar-refractivity contribution in [1.82, 2.24) is 4.98 Å². The number of halogens is 1. The lowest BCUT2D eigenvalue weighted by Gasteiger charge is -2.26. The predicted octanol–water partition coefficient (Wildman–Crippen LogP) is 4.30. The minimum absolute atomic E-state index is 0.0125. The molecule has 0 bridgehead atoms. The van der Waals surface area contributed by atoms with Gasteiger partial charge in [-0.3, -0.25) is 0 Å². The minimum Gasteiger partial charge on any atom is -0.358 e. The highest BCUT2D eigenvalue weighted by atomic mass is 19.1. The first-order valence-electron chi connectivity index (χ1n) is 7.48. The normalized spacial score (nSPS) is 23.1. The highest BCUT2D eigenvalue weighted by Crippen LogP contribution is 2.40. The van der Waals surface area contributed by atoms with Crippen LogP contribution in [0.5, 0.6) is 0 Å². The molecule has 2 aromatic rings. The van der Waals surface area contributed by atoms with Crippen LogP contribution in [0.2, 0.25) is 0 Å². The van der Waals surface area contributed by atoms with Crippen LogP contribution in [-0.2, 0) is 11.2 Å². The summed E-state index contributed by atoms with van der Waals surface area (Å²) in [6.45, 7) is 0. The maximum Gasteiger partial charge on any atom is 0.120 e. The maximum absolute atomic E-state index is 14.4. The highest BCUT2D eigenvalue weighted by molar-refractivity contribution is 5.85. The second kappa shape index (κ2) is 5.78. The molecule has 1 N–H and O–H groups in total. The molecule has 1 saturated carbocycles. The third-order valence-electron chi connectivity index (χ3n) is 4.39. The molecule has 0 spiro atoms. The van der Waals surface area contributed by atoms with Crippen LogP contribution in [0.4, 0.5) is 4.39 Å². The molecule has 3 rings (SSSR count). The summed E-state index contributed by atoms with van der Waals surface area (Å²) in [7, 11) is 0. The molecule has 2 unspecified atom stereocenters. The van der Waals surface area contributed by atoms with Crippen LogP contribution in [-0.4, -0.2) is 17.4 Å². The van der Waals surface area contributed by atoms with E-state index < -0.39 is 6.17 Å². The molecule has 1 heterocycles. The summed E-state index contributed by atoms with van der Waals surface area (Å²) in [4.78, 5) is 14.0. The zero-order valence-electron chi connectivity index (χ0n) is 11.6. The number of aromatic nitrogens is 1. The SMILES string of the molecule is O=CCCc1[nH]c2ccccc2c1C1CCCCC1F. The second-order valence-electron chi connectivity index (χ2n) is 5.68. The molecule has 1 aromatic heterocycles. The number of nitrogens with one attached hydrogen (secondary N) is 1. The Bertz CT molecular complexity index is 604. The van der Waals surface area contributed by atoms with Crippen molar-refractivity contribution in [3.63, 3.8) is 0 Å². The monoisotopic (exact) mass is 273 g/mol.